The lowest BCUT2D eigenvalue weighted by Gasteiger charge is -2.08. The number of ether oxygens (including phenoxy) is 1. The van der Waals surface area contributed by atoms with Crippen molar-refractivity contribution >= 4 is 23.3 Å². The Balaban J connectivity index is 1.74. The van der Waals surface area contributed by atoms with Crippen LogP contribution in [-0.4, -0.2) is 30.1 Å². The Morgan fingerprint density at radius 3 is 3.29 bits per heavy atom. The lowest BCUT2D eigenvalue weighted by Crippen LogP contribution is -2.30. The minimum Gasteiger partial charge on any atom is -0.376 e. The van der Waals surface area contributed by atoms with Gasteiger partial charge in [-0.05, 0) is 25.8 Å². The van der Waals surface area contributed by atoms with Gasteiger partial charge in [-0.25, -0.2) is 4.98 Å². The molecule has 1 aromatic rings. The molecule has 1 saturated heterocycles. The van der Waals surface area contributed by atoms with Crippen molar-refractivity contribution in [2.24, 2.45) is 0 Å². The first-order valence-corrected chi connectivity index (χ1v) is 6.61. The largest absolute Gasteiger partial charge is 0.376 e. The minimum atomic E-state index is -0.0915. The Bertz CT molecular complexity index is 408. The van der Waals surface area contributed by atoms with Gasteiger partial charge in [-0.3, -0.25) is 4.79 Å². The van der Waals surface area contributed by atoms with Crippen LogP contribution >= 0.6 is 11.3 Å². The number of nitrogens with zero attached hydrogens (tertiary/aromatic N) is 1. The molecule has 1 atom stereocenters. The minimum absolute atomic E-state index is 0.0915. The fourth-order valence-corrected chi connectivity index (χ4v) is 2.28. The van der Waals surface area contributed by atoms with E-state index in [-0.39, 0.29) is 12.0 Å². The van der Waals surface area contributed by atoms with E-state index < -0.39 is 0 Å². The van der Waals surface area contributed by atoms with Gasteiger partial charge in [0.25, 0.3) is 0 Å². The van der Waals surface area contributed by atoms with Crippen molar-refractivity contribution < 1.29 is 9.53 Å². The van der Waals surface area contributed by atoms with E-state index in [4.69, 9.17) is 4.74 Å². The van der Waals surface area contributed by atoms with Crippen LogP contribution in [0.5, 0.6) is 0 Å². The number of carbonyl (C=O) groups excluding carboxylic acids is 1. The highest BCUT2D eigenvalue weighted by Crippen LogP contribution is 2.11. The molecule has 92 valence electrons. The molecule has 2 rings (SSSR count). The van der Waals surface area contributed by atoms with Crippen molar-refractivity contribution in [3.05, 3.63) is 22.2 Å². The van der Waals surface area contributed by atoms with Crippen molar-refractivity contribution in [2.75, 3.05) is 13.2 Å². The third-order valence-electron chi connectivity index (χ3n) is 2.57. The van der Waals surface area contributed by atoms with Crippen LogP contribution in [0, 0.1) is 6.92 Å². The normalized spacial score (nSPS) is 19.9. The van der Waals surface area contributed by atoms with E-state index in [1.54, 1.807) is 17.4 Å². The van der Waals surface area contributed by atoms with Crippen molar-refractivity contribution in [2.45, 2.75) is 25.9 Å². The average Bonchev–Trinajstić information content (AvgIpc) is 2.95. The first kappa shape index (κ1) is 12.3. The molecular weight excluding hydrogens is 236 g/mol. The maximum Gasteiger partial charge on any atom is 0.244 e. The van der Waals surface area contributed by atoms with Crippen molar-refractivity contribution in [3.8, 4) is 0 Å². The van der Waals surface area contributed by atoms with Gasteiger partial charge in [-0.15, -0.1) is 11.3 Å². The van der Waals surface area contributed by atoms with Crippen LogP contribution in [-0.2, 0) is 9.53 Å². The van der Waals surface area contributed by atoms with Crippen LogP contribution in [0.3, 0.4) is 0 Å². The zero-order valence-corrected chi connectivity index (χ0v) is 10.6. The average molecular weight is 252 g/mol. The maximum atomic E-state index is 11.5. The van der Waals surface area contributed by atoms with Gasteiger partial charge in [0.05, 0.1) is 16.8 Å². The Hall–Kier alpha value is -1.20. The van der Waals surface area contributed by atoms with Crippen molar-refractivity contribution in [3.63, 3.8) is 0 Å². The summed E-state index contributed by atoms with van der Waals surface area (Å²) in [5.41, 5.74) is 0.833. The van der Waals surface area contributed by atoms with Crippen molar-refractivity contribution in [1.82, 2.24) is 10.3 Å². The fraction of sp³-hybridized carbons (Fsp3) is 0.500. The summed E-state index contributed by atoms with van der Waals surface area (Å²) in [6.07, 6.45) is 5.57. The number of rotatable bonds is 4. The first-order chi connectivity index (χ1) is 8.24. The second-order valence-electron chi connectivity index (χ2n) is 4.00. The molecule has 2 heterocycles. The van der Waals surface area contributed by atoms with Gasteiger partial charge in [-0.1, -0.05) is 0 Å². The summed E-state index contributed by atoms with van der Waals surface area (Å²) < 4.78 is 5.42. The zero-order chi connectivity index (χ0) is 12.1. The van der Waals surface area contributed by atoms with E-state index in [2.05, 4.69) is 10.3 Å². The molecule has 17 heavy (non-hydrogen) atoms. The molecule has 1 fully saturated rings. The highest BCUT2D eigenvalue weighted by Gasteiger charge is 2.15. The second kappa shape index (κ2) is 5.93. The van der Waals surface area contributed by atoms with Gasteiger partial charge >= 0.3 is 0 Å². The number of hydrogen-bond acceptors (Lipinski definition) is 4. The molecule has 1 N–H and O–H groups in total. The Morgan fingerprint density at radius 1 is 1.76 bits per heavy atom. The fourth-order valence-electron chi connectivity index (χ4n) is 1.70. The van der Waals surface area contributed by atoms with Crippen LogP contribution < -0.4 is 5.32 Å². The SMILES string of the molecule is Cc1nc(/C=C/C(=O)NCC2CCCO2)cs1. The Labute approximate surface area is 105 Å². The molecule has 0 saturated carbocycles. The predicted molar refractivity (Wildman–Crippen MR) is 67.9 cm³/mol. The number of nitrogens with one attached hydrogen (secondary N) is 1. The molecule has 1 aliphatic rings. The number of amides is 1. The number of carbonyl (C=O) groups is 1. The molecule has 1 unspecified atom stereocenters. The topological polar surface area (TPSA) is 51.2 Å². The molecule has 1 amide bonds. The third-order valence-corrected chi connectivity index (χ3v) is 3.36. The predicted octanol–water partition coefficient (Wildman–Crippen LogP) is 1.76. The summed E-state index contributed by atoms with van der Waals surface area (Å²) in [6, 6.07) is 0. The van der Waals surface area contributed by atoms with Crippen LogP contribution in [0.15, 0.2) is 11.5 Å². The van der Waals surface area contributed by atoms with Crippen molar-refractivity contribution in [1.29, 1.82) is 0 Å². The molecule has 0 spiro atoms. The number of aryl methyl sites for hydroxylation is 1. The van der Waals surface area contributed by atoms with Crippen LogP contribution in [0.2, 0.25) is 0 Å². The van der Waals surface area contributed by atoms with Gasteiger partial charge in [0.1, 0.15) is 0 Å². The molecule has 1 aliphatic heterocycles. The highest BCUT2D eigenvalue weighted by atomic mass is 32.1. The standard InChI is InChI=1S/C12H16N2O2S/c1-9-14-10(8-17-9)4-5-12(15)13-7-11-3-2-6-16-11/h4-5,8,11H,2-3,6-7H2,1H3,(H,13,15)/b5-4+. The molecule has 0 aromatic carbocycles. The van der Waals surface area contributed by atoms with E-state index >= 15 is 0 Å². The quantitative estimate of drug-likeness (QED) is 0.831. The van der Waals surface area contributed by atoms with E-state index in [1.165, 1.54) is 6.08 Å². The van der Waals surface area contributed by atoms with E-state index in [1.807, 2.05) is 12.3 Å². The lowest BCUT2D eigenvalue weighted by atomic mass is 10.2. The van der Waals surface area contributed by atoms with E-state index in [0.29, 0.717) is 6.54 Å². The molecule has 0 aliphatic carbocycles. The van der Waals surface area contributed by atoms with Crippen LogP contribution in [0.25, 0.3) is 6.08 Å². The Kier molecular flexibility index (Phi) is 4.28. The second-order valence-corrected chi connectivity index (χ2v) is 5.07. The first-order valence-electron chi connectivity index (χ1n) is 5.73. The van der Waals surface area contributed by atoms with Crippen LogP contribution in [0.4, 0.5) is 0 Å². The third kappa shape index (κ3) is 3.94. The number of aromatic nitrogens is 1. The van der Waals surface area contributed by atoms with Gasteiger partial charge < -0.3 is 10.1 Å². The van der Waals surface area contributed by atoms with E-state index in [9.17, 15) is 4.79 Å². The monoisotopic (exact) mass is 252 g/mol. The molecule has 0 radical (unpaired) electrons. The Morgan fingerprint density at radius 2 is 2.65 bits per heavy atom. The van der Waals surface area contributed by atoms with Gasteiger partial charge in [0.15, 0.2) is 0 Å². The number of hydrogen-bond donors (Lipinski definition) is 1. The summed E-state index contributed by atoms with van der Waals surface area (Å²) in [5.74, 6) is -0.0915. The maximum absolute atomic E-state index is 11.5. The van der Waals surface area contributed by atoms with Gasteiger partial charge in [0, 0.05) is 24.6 Å². The molecule has 5 heteroatoms. The summed E-state index contributed by atoms with van der Waals surface area (Å²) in [5, 5.41) is 5.76. The molecule has 4 nitrogen and oxygen atoms in total. The summed E-state index contributed by atoms with van der Waals surface area (Å²) in [4.78, 5) is 15.7. The smallest absolute Gasteiger partial charge is 0.244 e. The highest BCUT2D eigenvalue weighted by molar-refractivity contribution is 7.09. The van der Waals surface area contributed by atoms with Gasteiger partial charge in [-0.2, -0.15) is 0 Å². The number of thiazole rings is 1. The molecule has 1 aromatic heterocycles. The summed E-state index contributed by atoms with van der Waals surface area (Å²) >= 11 is 1.58. The molecule has 0 bridgehead atoms. The van der Waals surface area contributed by atoms with Gasteiger partial charge in [0.2, 0.25) is 5.91 Å². The summed E-state index contributed by atoms with van der Waals surface area (Å²) in [6.45, 7) is 3.35. The summed E-state index contributed by atoms with van der Waals surface area (Å²) in [7, 11) is 0. The van der Waals surface area contributed by atoms with E-state index in [0.717, 1.165) is 30.2 Å². The van der Waals surface area contributed by atoms with Crippen LogP contribution in [0.1, 0.15) is 23.5 Å². The zero-order valence-electron chi connectivity index (χ0n) is 9.81. The molecular formula is C12H16N2O2S. The lowest BCUT2D eigenvalue weighted by molar-refractivity contribution is -0.116.